The Balaban J connectivity index is 2.28. The fourth-order valence-corrected chi connectivity index (χ4v) is 2.30. The lowest BCUT2D eigenvalue weighted by Gasteiger charge is -2.32. The molecule has 0 bridgehead atoms. The first kappa shape index (κ1) is 11.9. The molecule has 0 radical (unpaired) electrons. The lowest BCUT2D eigenvalue weighted by Crippen LogP contribution is -2.52. The maximum atomic E-state index is 11.6. The van der Waals surface area contributed by atoms with Crippen LogP contribution in [0, 0.1) is 0 Å². The van der Waals surface area contributed by atoms with Gasteiger partial charge in [-0.3, -0.25) is 4.79 Å². The maximum absolute atomic E-state index is 11.6. The molecule has 0 aliphatic heterocycles. The molecule has 92 valence electrons. The third-order valence-corrected chi connectivity index (χ3v) is 3.35. The molecule has 4 heteroatoms. The molecule has 0 unspecified atom stereocenters. The number of esters is 1. The Morgan fingerprint density at radius 1 is 1.35 bits per heavy atom. The summed E-state index contributed by atoms with van der Waals surface area (Å²) in [5, 5.41) is 0. The number of nitrogens with two attached hydrogens (primary N) is 1. The predicted octanol–water partition coefficient (Wildman–Crippen LogP) is 1.05. The molecule has 1 aromatic rings. The number of carbonyl (C=O) groups excluding carboxylic acids is 1. The van der Waals surface area contributed by atoms with Gasteiger partial charge in [0.1, 0.15) is 11.3 Å². The maximum Gasteiger partial charge on any atom is 0.326 e. The SMILES string of the molecule is COC(=O)[C@@]1(N)CCc2cc(OC)ccc2C1. The summed E-state index contributed by atoms with van der Waals surface area (Å²) in [5.41, 5.74) is 7.52. The van der Waals surface area contributed by atoms with Gasteiger partial charge in [0.15, 0.2) is 0 Å². The largest absolute Gasteiger partial charge is 0.497 e. The number of hydrogen-bond acceptors (Lipinski definition) is 4. The van der Waals surface area contributed by atoms with Gasteiger partial charge >= 0.3 is 5.97 Å². The molecule has 0 heterocycles. The smallest absolute Gasteiger partial charge is 0.326 e. The number of rotatable bonds is 2. The van der Waals surface area contributed by atoms with Crippen molar-refractivity contribution in [2.24, 2.45) is 5.73 Å². The molecule has 0 aromatic heterocycles. The molecule has 0 spiro atoms. The van der Waals surface area contributed by atoms with Crippen molar-refractivity contribution in [3.63, 3.8) is 0 Å². The minimum atomic E-state index is -0.879. The van der Waals surface area contributed by atoms with Gasteiger partial charge in [-0.15, -0.1) is 0 Å². The van der Waals surface area contributed by atoms with E-state index < -0.39 is 5.54 Å². The molecule has 1 aliphatic rings. The van der Waals surface area contributed by atoms with E-state index in [-0.39, 0.29) is 5.97 Å². The van der Waals surface area contributed by atoms with Crippen LogP contribution in [0.4, 0.5) is 0 Å². The highest BCUT2D eigenvalue weighted by molar-refractivity contribution is 5.81. The first-order valence-corrected chi connectivity index (χ1v) is 5.62. The average Bonchev–Trinajstić information content (AvgIpc) is 2.37. The molecule has 17 heavy (non-hydrogen) atoms. The minimum absolute atomic E-state index is 0.334. The van der Waals surface area contributed by atoms with Gasteiger partial charge in [0.05, 0.1) is 14.2 Å². The van der Waals surface area contributed by atoms with E-state index >= 15 is 0 Å². The highest BCUT2D eigenvalue weighted by Crippen LogP contribution is 2.30. The van der Waals surface area contributed by atoms with E-state index in [9.17, 15) is 4.79 Å². The van der Waals surface area contributed by atoms with E-state index in [2.05, 4.69) is 0 Å². The number of benzene rings is 1. The summed E-state index contributed by atoms with van der Waals surface area (Å²) in [6, 6.07) is 5.87. The van der Waals surface area contributed by atoms with Crippen LogP contribution in [-0.2, 0) is 22.4 Å². The molecule has 2 rings (SSSR count). The van der Waals surface area contributed by atoms with Crippen LogP contribution in [0.3, 0.4) is 0 Å². The highest BCUT2D eigenvalue weighted by atomic mass is 16.5. The van der Waals surface area contributed by atoms with Gasteiger partial charge in [-0.1, -0.05) is 6.07 Å². The van der Waals surface area contributed by atoms with Crippen molar-refractivity contribution in [3.8, 4) is 5.75 Å². The van der Waals surface area contributed by atoms with Crippen LogP contribution in [0.25, 0.3) is 0 Å². The first-order chi connectivity index (χ1) is 8.09. The lowest BCUT2D eigenvalue weighted by molar-refractivity contribution is -0.147. The topological polar surface area (TPSA) is 61.5 Å². The van der Waals surface area contributed by atoms with E-state index in [1.165, 1.54) is 12.7 Å². The predicted molar refractivity (Wildman–Crippen MR) is 64.0 cm³/mol. The van der Waals surface area contributed by atoms with Crippen LogP contribution < -0.4 is 10.5 Å². The second-order valence-electron chi connectivity index (χ2n) is 4.46. The van der Waals surface area contributed by atoms with Crippen LogP contribution in [0.5, 0.6) is 5.75 Å². The van der Waals surface area contributed by atoms with Crippen LogP contribution in [-0.4, -0.2) is 25.7 Å². The summed E-state index contributed by atoms with van der Waals surface area (Å²) in [6.45, 7) is 0. The van der Waals surface area contributed by atoms with E-state index in [0.717, 1.165) is 17.7 Å². The lowest BCUT2D eigenvalue weighted by atomic mass is 9.78. The molecule has 0 saturated heterocycles. The molecular formula is C13H17NO3. The van der Waals surface area contributed by atoms with E-state index in [0.29, 0.717) is 12.8 Å². The number of aryl methyl sites for hydroxylation is 1. The fraction of sp³-hybridized carbons (Fsp3) is 0.462. The van der Waals surface area contributed by atoms with E-state index in [1.54, 1.807) is 7.11 Å². The van der Waals surface area contributed by atoms with Gasteiger partial charge in [-0.25, -0.2) is 0 Å². The van der Waals surface area contributed by atoms with Gasteiger partial charge in [0, 0.05) is 6.42 Å². The molecular weight excluding hydrogens is 218 g/mol. The molecule has 0 saturated carbocycles. The Morgan fingerprint density at radius 2 is 2.12 bits per heavy atom. The van der Waals surface area contributed by atoms with Crippen LogP contribution in [0.15, 0.2) is 18.2 Å². The second-order valence-corrected chi connectivity index (χ2v) is 4.46. The number of ether oxygens (including phenoxy) is 2. The number of carbonyl (C=O) groups is 1. The number of hydrogen-bond donors (Lipinski definition) is 1. The van der Waals surface area contributed by atoms with Crippen molar-refractivity contribution in [2.75, 3.05) is 14.2 Å². The molecule has 1 atom stereocenters. The van der Waals surface area contributed by atoms with Crippen molar-refractivity contribution >= 4 is 5.97 Å². The van der Waals surface area contributed by atoms with Crippen LogP contribution in [0.2, 0.25) is 0 Å². The summed E-state index contributed by atoms with van der Waals surface area (Å²) < 4.78 is 9.94. The summed E-state index contributed by atoms with van der Waals surface area (Å²) in [5.74, 6) is 0.505. The average molecular weight is 235 g/mol. The van der Waals surface area contributed by atoms with Crippen molar-refractivity contribution in [1.29, 1.82) is 0 Å². The molecule has 0 fully saturated rings. The number of fused-ring (bicyclic) bond motifs is 1. The van der Waals surface area contributed by atoms with E-state index in [4.69, 9.17) is 15.2 Å². The normalized spacial score (nSPS) is 22.8. The van der Waals surface area contributed by atoms with E-state index in [1.807, 2.05) is 18.2 Å². The Hall–Kier alpha value is -1.55. The molecule has 2 N–H and O–H groups in total. The Bertz CT molecular complexity index is 444. The molecule has 4 nitrogen and oxygen atoms in total. The van der Waals surface area contributed by atoms with Gasteiger partial charge in [-0.05, 0) is 36.1 Å². The van der Waals surface area contributed by atoms with Crippen molar-refractivity contribution in [3.05, 3.63) is 29.3 Å². The summed E-state index contributed by atoms with van der Waals surface area (Å²) >= 11 is 0. The molecule has 1 aliphatic carbocycles. The standard InChI is InChI=1S/C13H17NO3/c1-16-11-4-3-10-8-13(14,12(15)17-2)6-5-9(10)7-11/h3-4,7H,5-6,8,14H2,1-2H3/t13-/m1/s1. The Kier molecular flexibility index (Phi) is 3.07. The zero-order valence-corrected chi connectivity index (χ0v) is 10.2. The first-order valence-electron chi connectivity index (χ1n) is 5.62. The van der Waals surface area contributed by atoms with Gasteiger partial charge in [0.25, 0.3) is 0 Å². The van der Waals surface area contributed by atoms with Crippen LogP contribution in [0.1, 0.15) is 17.5 Å². The Morgan fingerprint density at radius 3 is 2.76 bits per heavy atom. The van der Waals surface area contributed by atoms with Crippen molar-refractivity contribution in [1.82, 2.24) is 0 Å². The second kappa shape index (κ2) is 4.37. The highest BCUT2D eigenvalue weighted by Gasteiger charge is 2.38. The quantitative estimate of drug-likeness (QED) is 0.778. The third kappa shape index (κ3) is 2.13. The minimum Gasteiger partial charge on any atom is -0.497 e. The summed E-state index contributed by atoms with van der Waals surface area (Å²) in [6.07, 6.45) is 1.91. The summed E-state index contributed by atoms with van der Waals surface area (Å²) in [4.78, 5) is 11.6. The van der Waals surface area contributed by atoms with Gasteiger partial charge < -0.3 is 15.2 Å². The monoisotopic (exact) mass is 235 g/mol. The van der Waals surface area contributed by atoms with Gasteiger partial charge in [0.2, 0.25) is 0 Å². The summed E-state index contributed by atoms with van der Waals surface area (Å²) in [7, 11) is 3.02. The molecule has 0 amide bonds. The van der Waals surface area contributed by atoms with Crippen LogP contribution >= 0.6 is 0 Å². The van der Waals surface area contributed by atoms with Gasteiger partial charge in [-0.2, -0.15) is 0 Å². The third-order valence-electron chi connectivity index (χ3n) is 3.35. The molecule has 1 aromatic carbocycles. The zero-order chi connectivity index (χ0) is 12.5. The van der Waals surface area contributed by atoms with Crippen molar-refractivity contribution < 1.29 is 14.3 Å². The zero-order valence-electron chi connectivity index (χ0n) is 10.2. The number of methoxy groups -OCH3 is 2. The Labute approximate surface area is 101 Å². The fourth-order valence-electron chi connectivity index (χ4n) is 2.30. The van der Waals surface area contributed by atoms with Crippen molar-refractivity contribution in [2.45, 2.75) is 24.8 Å².